The van der Waals surface area contributed by atoms with Crippen LogP contribution in [0.1, 0.15) is 25.3 Å². The van der Waals surface area contributed by atoms with Gasteiger partial charge in [-0.05, 0) is 18.9 Å². The van der Waals surface area contributed by atoms with Crippen molar-refractivity contribution in [3.8, 4) is 0 Å². The number of ether oxygens (including phenoxy) is 1. The molecule has 128 valence electrons. The predicted molar refractivity (Wildman–Crippen MR) is 92.9 cm³/mol. The zero-order valence-corrected chi connectivity index (χ0v) is 14.3. The highest BCUT2D eigenvalue weighted by Crippen LogP contribution is 2.02. The molecule has 0 bridgehead atoms. The van der Waals surface area contributed by atoms with Gasteiger partial charge in [0.15, 0.2) is 0 Å². The Bertz CT molecular complexity index is 664. The lowest BCUT2D eigenvalue weighted by Gasteiger charge is -1.99. The summed E-state index contributed by atoms with van der Waals surface area (Å²) < 4.78 is 16.5. The number of Topliss-reactive ketones (excluding diaryl/α,β-unsaturated/α-hetero) is 1. The van der Waals surface area contributed by atoms with E-state index in [4.69, 9.17) is 5.53 Å². The Morgan fingerprint density at radius 1 is 1.29 bits per heavy atom. The zero-order valence-electron chi connectivity index (χ0n) is 13.5. The lowest BCUT2D eigenvalue weighted by molar-refractivity contribution is -0.141. The van der Waals surface area contributed by atoms with E-state index in [0.717, 1.165) is 5.56 Å². The molecule has 24 heavy (non-hydrogen) atoms. The number of ketones is 1. The Hall–Kier alpha value is -2.37. The number of hydrogen-bond acceptors (Lipinski definition) is 4. The second-order valence-electron chi connectivity index (χ2n) is 4.82. The summed E-state index contributed by atoms with van der Waals surface area (Å²) in [6, 6.07) is 9.66. The Morgan fingerprint density at radius 3 is 2.62 bits per heavy atom. The van der Waals surface area contributed by atoms with Gasteiger partial charge >= 0.3 is 11.7 Å². The van der Waals surface area contributed by atoms with Crippen LogP contribution < -0.4 is 0 Å². The Morgan fingerprint density at radius 2 is 2.00 bits per heavy atom. The maximum absolute atomic E-state index is 11.9. The Labute approximate surface area is 143 Å². The fourth-order valence-corrected chi connectivity index (χ4v) is 2.80. The molecule has 0 aliphatic rings. The molecular formula is C17H20N2O4S. The van der Waals surface area contributed by atoms with Crippen molar-refractivity contribution in [3.05, 3.63) is 47.5 Å². The van der Waals surface area contributed by atoms with Crippen LogP contribution in [0, 0.1) is 0 Å². The number of rotatable bonds is 10. The molecule has 0 aliphatic carbocycles. The van der Waals surface area contributed by atoms with Crippen LogP contribution in [0.4, 0.5) is 0 Å². The minimum absolute atomic E-state index is 0.0215. The van der Waals surface area contributed by atoms with Crippen molar-refractivity contribution < 1.29 is 23.3 Å². The molecule has 0 spiro atoms. The van der Waals surface area contributed by atoms with Crippen molar-refractivity contribution in [3.63, 3.8) is 0 Å². The first kappa shape index (κ1) is 19.7. The van der Waals surface area contributed by atoms with Crippen molar-refractivity contribution in [1.29, 1.82) is 0 Å². The first-order valence-electron chi connectivity index (χ1n) is 7.57. The van der Waals surface area contributed by atoms with E-state index in [2.05, 4.69) is 9.53 Å². The Balaban J connectivity index is 2.34. The molecule has 0 saturated carbocycles. The highest BCUT2D eigenvalue weighted by molar-refractivity contribution is 7.85. The minimum Gasteiger partial charge on any atom is -0.457 e. The minimum atomic E-state index is -1.10. The molecule has 0 fully saturated rings. The number of nitrogens with zero attached hydrogens (tertiary/aromatic N) is 2. The molecule has 0 radical (unpaired) electrons. The quantitative estimate of drug-likeness (QED) is 0.212. The number of carbonyl (C=O) groups is 2. The third kappa shape index (κ3) is 7.26. The summed E-state index contributed by atoms with van der Waals surface area (Å²) in [7, 11) is -1.10. The topological polar surface area (TPSA) is 96.8 Å². The van der Waals surface area contributed by atoms with Crippen LogP contribution in [0.2, 0.25) is 0 Å². The predicted octanol–water partition coefficient (Wildman–Crippen LogP) is 2.03. The molecule has 0 aromatic heterocycles. The average Bonchev–Trinajstić information content (AvgIpc) is 2.57. The third-order valence-corrected chi connectivity index (χ3v) is 4.31. The van der Waals surface area contributed by atoms with Crippen LogP contribution in [-0.4, -0.2) is 44.6 Å². The molecule has 0 aliphatic heterocycles. The maximum atomic E-state index is 11.9. The fraction of sp³-hybridized carbons (Fsp3) is 0.353. The molecule has 0 saturated heterocycles. The van der Waals surface area contributed by atoms with E-state index in [1.54, 1.807) is 6.92 Å². The van der Waals surface area contributed by atoms with E-state index in [1.807, 2.05) is 42.5 Å². The van der Waals surface area contributed by atoms with E-state index in [-0.39, 0.29) is 13.0 Å². The summed E-state index contributed by atoms with van der Waals surface area (Å²) in [5.74, 6) is -0.849. The van der Waals surface area contributed by atoms with Crippen molar-refractivity contribution in [2.75, 3.05) is 18.1 Å². The summed E-state index contributed by atoms with van der Waals surface area (Å²) >= 11 is 0. The highest BCUT2D eigenvalue weighted by atomic mass is 32.2. The van der Waals surface area contributed by atoms with Crippen LogP contribution in [0.15, 0.2) is 36.4 Å². The van der Waals surface area contributed by atoms with Gasteiger partial charge in [0.05, 0.1) is 6.61 Å². The summed E-state index contributed by atoms with van der Waals surface area (Å²) in [6.07, 6.45) is 4.03. The molecule has 0 heterocycles. The van der Waals surface area contributed by atoms with Gasteiger partial charge in [-0.1, -0.05) is 42.5 Å². The molecule has 0 N–H and O–H groups in total. The summed E-state index contributed by atoms with van der Waals surface area (Å²) in [4.78, 5) is 25.8. The van der Waals surface area contributed by atoms with Crippen LogP contribution in [0.5, 0.6) is 0 Å². The standard InChI is InChI=1S/C17H20N2O4S/c1-2-23-17(21)16(19-18)15(20)11-7-13-24(22)12-6-10-14-8-4-3-5-9-14/h3-6,8-10H,2,7,11-13H2,1H3/b10-6+. The fourth-order valence-electron chi connectivity index (χ4n) is 1.86. The van der Waals surface area contributed by atoms with Gasteiger partial charge < -0.3 is 10.3 Å². The van der Waals surface area contributed by atoms with Gasteiger partial charge in [-0.3, -0.25) is 9.00 Å². The smallest absolute Gasteiger partial charge is 0.441 e. The van der Waals surface area contributed by atoms with Crippen molar-refractivity contribution in [2.45, 2.75) is 19.8 Å². The largest absolute Gasteiger partial charge is 0.457 e. The molecular weight excluding hydrogens is 328 g/mol. The lowest BCUT2D eigenvalue weighted by atomic mass is 10.1. The van der Waals surface area contributed by atoms with Gasteiger partial charge in [-0.15, -0.1) is 0 Å². The third-order valence-electron chi connectivity index (χ3n) is 3.00. The molecule has 1 atom stereocenters. The maximum Gasteiger partial charge on any atom is 0.441 e. The number of benzene rings is 1. The monoisotopic (exact) mass is 348 g/mol. The summed E-state index contributed by atoms with van der Waals surface area (Å²) in [6.45, 7) is 1.67. The molecule has 6 nitrogen and oxygen atoms in total. The van der Waals surface area contributed by atoms with Crippen LogP contribution in [0.25, 0.3) is 11.6 Å². The van der Waals surface area contributed by atoms with Gasteiger partial charge in [0.2, 0.25) is 0 Å². The molecule has 1 unspecified atom stereocenters. The number of hydrogen-bond donors (Lipinski definition) is 0. The van der Waals surface area contributed by atoms with Crippen LogP contribution in [-0.2, 0) is 25.1 Å². The van der Waals surface area contributed by atoms with E-state index >= 15 is 0 Å². The molecule has 1 rings (SSSR count). The van der Waals surface area contributed by atoms with E-state index < -0.39 is 28.3 Å². The second kappa shape index (κ2) is 11.2. The van der Waals surface area contributed by atoms with Crippen molar-refractivity contribution in [1.82, 2.24) is 0 Å². The van der Waals surface area contributed by atoms with Crippen LogP contribution >= 0.6 is 0 Å². The van der Waals surface area contributed by atoms with Crippen molar-refractivity contribution >= 4 is 34.3 Å². The van der Waals surface area contributed by atoms with Gasteiger partial charge in [0.25, 0.3) is 5.78 Å². The summed E-state index contributed by atoms with van der Waals surface area (Å²) in [5.41, 5.74) is 9.14. The Kier molecular flexibility index (Phi) is 9.19. The molecule has 7 heteroatoms. The molecule has 1 aromatic rings. The second-order valence-corrected chi connectivity index (χ2v) is 6.44. The van der Waals surface area contributed by atoms with Crippen molar-refractivity contribution in [2.24, 2.45) is 0 Å². The van der Waals surface area contributed by atoms with Crippen LogP contribution in [0.3, 0.4) is 0 Å². The van der Waals surface area contributed by atoms with Gasteiger partial charge in [-0.2, -0.15) is 4.79 Å². The van der Waals surface area contributed by atoms with Gasteiger partial charge in [0.1, 0.15) is 0 Å². The molecule has 0 amide bonds. The number of esters is 1. The normalized spacial score (nSPS) is 11.7. The SMILES string of the molecule is CCOC(=O)C(=[N+]=[N-])C(=O)CCCS(=O)C/C=C/c1ccccc1. The first-order chi connectivity index (χ1) is 11.6. The van der Waals surface area contributed by atoms with E-state index in [9.17, 15) is 13.8 Å². The lowest BCUT2D eigenvalue weighted by Crippen LogP contribution is -2.27. The number of carbonyl (C=O) groups excluding carboxylic acids is 2. The molecule has 1 aromatic carbocycles. The van der Waals surface area contributed by atoms with E-state index in [1.165, 1.54) is 0 Å². The van der Waals surface area contributed by atoms with Gasteiger partial charge in [-0.25, -0.2) is 4.79 Å². The first-order valence-corrected chi connectivity index (χ1v) is 9.06. The average molecular weight is 348 g/mol. The van der Waals surface area contributed by atoms with E-state index in [0.29, 0.717) is 17.9 Å². The zero-order chi connectivity index (χ0) is 17.8. The summed E-state index contributed by atoms with van der Waals surface area (Å²) in [5, 5.41) is 0. The van der Waals surface area contributed by atoms with Gasteiger partial charge in [0, 0.05) is 28.7 Å². The highest BCUT2D eigenvalue weighted by Gasteiger charge is 2.30.